The van der Waals surface area contributed by atoms with Gasteiger partial charge in [-0.3, -0.25) is 4.90 Å². The summed E-state index contributed by atoms with van der Waals surface area (Å²) in [6.07, 6.45) is 5.35. The number of nitrogens with zero attached hydrogens (tertiary/aromatic N) is 1. The molecular formula is C15H30N2O. The first-order chi connectivity index (χ1) is 8.45. The summed E-state index contributed by atoms with van der Waals surface area (Å²) in [6, 6.07) is 1.40. The van der Waals surface area contributed by atoms with Crippen LogP contribution in [0.5, 0.6) is 0 Å². The summed E-state index contributed by atoms with van der Waals surface area (Å²) in [5.41, 5.74) is 6.85. The van der Waals surface area contributed by atoms with Crippen LogP contribution in [0.25, 0.3) is 0 Å². The Balaban J connectivity index is 2.12. The van der Waals surface area contributed by atoms with Gasteiger partial charge in [-0.2, -0.15) is 0 Å². The predicted octanol–water partition coefficient (Wildman–Crippen LogP) is 2.39. The van der Waals surface area contributed by atoms with Gasteiger partial charge in [-0.1, -0.05) is 27.2 Å². The average molecular weight is 254 g/mol. The molecule has 3 nitrogen and oxygen atoms in total. The smallest absolute Gasteiger partial charge is 0.0674 e. The number of hydrogen-bond donors (Lipinski definition) is 1. The van der Waals surface area contributed by atoms with Crippen molar-refractivity contribution in [2.24, 2.45) is 11.1 Å². The first-order valence-electron chi connectivity index (χ1n) is 7.58. The molecule has 1 heterocycles. The van der Waals surface area contributed by atoms with Crippen LogP contribution in [0.1, 0.15) is 53.4 Å². The number of ether oxygens (including phenoxy) is 1. The maximum absolute atomic E-state index is 6.57. The summed E-state index contributed by atoms with van der Waals surface area (Å²) in [7, 11) is 0. The molecule has 0 aromatic carbocycles. The van der Waals surface area contributed by atoms with Crippen LogP contribution < -0.4 is 5.73 Å². The monoisotopic (exact) mass is 254 g/mol. The Morgan fingerprint density at radius 1 is 1.39 bits per heavy atom. The largest absolute Gasteiger partial charge is 0.376 e. The summed E-state index contributed by atoms with van der Waals surface area (Å²) < 4.78 is 5.81. The van der Waals surface area contributed by atoms with Gasteiger partial charge in [0.1, 0.15) is 0 Å². The van der Waals surface area contributed by atoms with Gasteiger partial charge >= 0.3 is 0 Å². The Morgan fingerprint density at radius 2 is 2.11 bits per heavy atom. The Morgan fingerprint density at radius 3 is 2.78 bits per heavy atom. The van der Waals surface area contributed by atoms with Gasteiger partial charge in [0.2, 0.25) is 0 Å². The molecule has 2 rings (SSSR count). The number of hydrogen-bond acceptors (Lipinski definition) is 3. The molecule has 18 heavy (non-hydrogen) atoms. The van der Waals surface area contributed by atoms with Gasteiger partial charge in [-0.25, -0.2) is 0 Å². The summed E-state index contributed by atoms with van der Waals surface area (Å²) in [5, 5.41) is 0. The van der Waals surface area contributed by atoms with Gasteiger partial charge in [0.05, 0.1) is 12.7 Å². The van der Waals surface area contributed by atoms with Crippen molar-refractivity contribution in [3.63, 3.8) is 0 Å². The second kappa shape index (κ2) is 5.48. The SMILES string of the molecule is CCC1COC(C)CN1C1CCCC(C)(C)C1N. The van der Waals surface area contributed by atoms with Crippen LogP contribution >= 0.6 is 0 Å². The molecular weight excluding hydrogens is 224 g/mol. The summed E-state index contributed by atoms with van der Waals surface area (Å²) >= 11 is 0. The molecule has 0 radical (unpaired) electrons. The van der Waals surface area contributed by atoms with Gasteiger partial charge in [0.25, 0.3) is 0 Å². The number of rotatable bonds is 2. The Kier molecular flexibility index (Phi) is 4.35. The van der Waals surface area contributed by atoms with Crippen LogP contribution in [-0.4, -0.2) is 42.3 Å². The van der Waals surface area contributed by atoms with Crippen LogP contribution in [-0.2, 0) is 4.74 Å². The molecule has 106 valence electrons. The van der Waals surface area contributed by atoms with E-state index in [2.05, 4.69) is 32.6 Å². The Labute approximate surface area is 112 Å². The van der Waals surface area contributed by atoms with E-state index in [1.165, 1.54) is 19.3 Å². The third-order valence-corrected chi connectivity index (χ3v) is 5.05. The van der Waals surface area contributed by atoms with Gasteiger partial charge in [0, 0.05) is 24.7 Å². The van der Waals surface area contributed by atoms with Crippen LogP contribution in [0.15, 0.2) is 0 Å². The van der Waals surface area contributed by atoms with E-state index < -0.39 is 0 Å². The predicted molar refractivity (Wildman–Crippen MR) is 75.6 cm³/mol. The van der Waals surface area contributed by atoms with Crippen molar-refractivity contribution in [1.82, 2.24) is 4.90 Å². The topological polar surface area (TPSA) is 38.5 Å². The molecule has 4 atom stereocenters. The Hall–Kier alpha value is -0.120. The third-order valence-electron chi connectivity index (χ3n) is 5.05. The molecule has 2 fully saturated rings. The zero-order valence-corrected chi connectivity index (χ0v) is 12.5. The minimum absolute atomic E-state index is 0.281. The molecule has 1 saturated carbocycles. The molecule has 0 amide bonds. The van der Waals surface area contributed by atoms with Gasteiger partial charge in [-0.15, -0.1) is 0 Å². The summed E-state index contributed by atoms with van der Waals surface area (Å²) in [5.74, 6) is 0. The summed E-state index contributed by atoms with van der Waals surface area (Å²) in [4.78, 5) is 2.65. The second-order valence-corrected chi connectivity index (χ2v) is 6.88. The van der Waals surface area contributed by atoms with E-state index in [1.807, 2.05) is 0 Å². The zero-order valence-electron chi connectivity index (χ0n) is 12.5. The molecule has 1 aliphatic heterocycles. The van der Waals surface area contributed by atoms with Crippen molar-refractivity contribution < 1.29 is 4.74 Å². The highest BCUT2D eigenvalue weighted by atomic mass is 16.5. The molecule has 1 saturated heterocycles. The minimum atomic E-state index is 0.281. The van der Waals surface area contributed by atoms with Crippen molar-refractivity contribution >= 4 is 0 Å². The van der Waals surface area contributed by atoms with Crippen molar-refractivity contribution in [1.29, 1.82) is 0 Å². The summed E-state index contributed by atoms with van der Waals surface area (Å²) in [6.45, 7) is 11.0. The normalized spacial score (nSPS) is 41.8. The van der Waals surface area contributed by atoms with E-state index in [4.69, 9.17) is 10.5 Å². The van der Waals surface area contributed by atoms with Crippen LogP contribution in [0.2, 0.25) is 0 Å². The molecule has 3 heteroatoms. The molecule has 0 aromatic rings. The van der Waals surface area contributed by atoms with E-state index >= 15 is 0 Å². The molecule has 2 aliphatic rings. The lowest BCUT2D eigenvalue weighted by atomic mass is 9.70. The lowest BCUT2D eigenvalue weighted by Crippen LogP contribution is -2.62. The zero-order chi connectivity index (χ0) is 13.3. The van der Waals surface area contributed by atoms with Crippen molar-refractivity contribution in [2.45, 2.75) is 77.6 Å². The Bertz CT molecular complexity index is 280. The fourth-order valence-corrected chi connectivity index (χ4v) is 3.63. The molecule has 1 aliphatic carbocycles. The van der Waals surface area contributed by atoms with Gasteiger partial charge in [-0.05, 0) is 31.6 Å². The third kappa shape index (κ3) is 2.73. The maximum atomic E-state index is 6.57. The first kappa shape index (κ1) is 14.3. The van der Waals surface area contributed by atoms with Crippen LogP contribution in [0, 0.1) is 5.41 Å². The van der Waals surface area contributed by atoms with Crippen molar-refractivity contribution in [3.8, 4) is 0 Å². The lowest BCUT2D eigenvalue weighted by Gasteiger charge is -2.51. The van der Waals surface area contributed by atoms with Gasteiger partial charge in [0.15, 0.2) is 0 Å². The van der Waals surface area contributed by atoms with Crippen LogP contribution in [0.4, 0.5) is 0 Å². The van der Waals surface area contributed by atoms with E-state index in [0.29, 0.717) is 24.2 Å². The molecule has 0 bridgehead atoms. The van der Waals surface area contributed by atoms with E-state index in [0.717, 1.165) is 19.6 Å². The average Bonchev–Trinajstić information content (AvgIpc) is 2.32. The highest BCUT2D eigenvalue weighted by molar-refractivity contribution is 4.98. The van der Waals surface area contributed by atoms with Crippen molar-refractivity contribution in [3.05, 3.63) is 0 Å². The van der Waals surface area contributed by atoms with E-state index in [1.54, 1.807) is 0 Å². The fraction of sp³-hybridized carbons (Fsp3) is 1.00. The maximum Gasteiger partial charge on any atom is 0.0674 e. The molecule has 4 unspecified atom stereocenters. The lowest BCUT2D eigenvalue weighted by molar-refractivity contribution is -0.0892. The van der Waals surface area contributed by atoms with Crippen molar-refractivity contribution in [2.75, 3.05) is 13.2 Å². The van der Waals surface area contributed by atoms with E-state index in [-0.39, 0.29) is 5.41 Å². The standard InChI is InChI=1S/C15H30N2O/c1-5-12-10-18-11(2)9-17(12)13-7-6-8-15(3,4)14(13)16/h11-14H,5-10,16H2,1-4H3. The molecule has 0 aromatic heterocycles. The second-order valence-electron chi connectivity index (χ2n) is 6.88. The van der Waals surface area contributed by atoms with Crippen LogP contribution in [0.3, 0.4) is 0 Å². The first-order valence-corrected chi connectivity index (χ1v) is 7.58. The number of morpholine rings is 1. The fourth-order valence-electron chi connectivity index (χ4n) is 3.63. The molecule has 2 N–H and O–H groups in total. The quantitative estimate of drug-likeness (QED) is 0.822. The number of nitrogens with two attached hydrogens (primary N) is 1. The van der Waals surface area contributed by atoms with Gasteiger partial charge < -0.3 is 10.5 Å². The van der Waals surface area contributed by atoms with E-state index in [9.17, 15) is 0 Å². The minimum Gasteiger partial charge on any atom is -0.376 e. The molecule has 0 spiro atoms. The highest BCUT2D eigenvalue weighted by Gasteiger charge is 2.42. The highest BCUT2D eigenvalue weighted by Crippen LogP contribution is 2.38.